The van der Waals surface area contributed by atoms with E-state index in [-0.39, 0.29) is 37.1 Å². The molecule has 4 N–H and O–H groups in total. The van der Waals surface area contributed by atoms with Crippen molar-refractivity contribution in [3.63, 3.8) is 0 Å². The van der Waals surface area contributed by atoms with Gasteiger partial charge in [0.25, 0.3) is 5.56 Å². The lowest BCUT2D eigenvalue weighted by Gasteiger charge is -2.41. The molecule has 1 aromatic rings. The number of rotatable bonds is 3. The van der Waals surface area contributed by atoms with Gasteiger partial charge >= 0.3 is 5.69 Å². The Balaban J connectivity index is 1.64. The van der Waals surface area contributed by atoms with Gasteiger partial charge in [0.05, 0.1) is 0 Å². The number of amides is 1. The van der Waals surface area contributed by atoms with Gasteiger partial charge in [-0.1, -0.05) is 0 Å². The predicted molar refractivity (Wildman–Crippen MR) is 77.2 cm³/mol. The molecule has 1 aliphatic carbocycles. The van der Waals surface area contributed by atoms with Crippen molar-refractivity contribution in [2.24, 2.45) is 11.7 Å². The van der Waals surface area contributed by atoms with Crippen LogP contribution in [0.5, 0.6) is 0 Å². The van der Waals surface area contributed by atoms with Gasteiger partial charge in [-0.25, -0.2) is 9.18 Å². The van der Waals surface area contributed by atoms with Crippen LogP contribution in [0.1, 0.15) is 30.9 Å². The smallest absolute Gasteiger partial charge is 0.325 e. The van der Waals surface area contributed by atoms with Crippen LogP contribution in [0.2, 0.25) is 0 Å². The highest BCUT2D eigenvalue weighted by Crippen LogP contribution is 2.42. The number of hydrogen-bond acceptors (Lipinski definition) is 4. The van der Waals surface area contributed by atoms with Crippen LogP contribution in [-0.2, 0) is 4.79 Å². The normalized spacial score (nSPS) is 31.1. The molecule has 1 atom stereocenters. The molecule has 22 heavy (non-hydrogen) atoms. The van der Waals surface area contributed by atoms with E-state index in [4.69, 9.17) is 5.73 Å². The highest BCUT2D eigenvalue weighted by Gasteiger charge is 2.48. The first-order chi connectivity index (χ1) is 10.4. The number of H-pyrrole nitrogens is 2. The molecule has 0 radical (unpaired) electrons. The number of nitrogens with one attached hydrogen (secondary N) is 2. The number of hydrogen-bond donors (Lipinski definition) is 3. The number of aromatic amines is 2. The summed E-state index contributed by atoms with van der Waals surface area (Å²) in [5.41, 5.74) is 3.50. The minimum Gasteiger partial charge on any atom is -0.342 e. The Hall–Kier alpha value is -1.96. The summed E-state index contributed by atoms with van der Waals surface area (Å²) in [6.07, 6.45) is 1.05. The van der Waals surface area contributed by atoms with Crippen molar-refractivity contribution < 1.29 is 9.18 Å². The number of carbonyl (C=O) groups is 1. The van der Waals surface area contributed by atoms with E-state index >= 15 is 0 Å². The minimum atomic E-state index is -1.39. The summed E-state index contributed by atoms with van der Waals surface area (Å²) in [5, 5.41) is 0. The first kappa shape index (κ1) is 15.0. The number of nitrogens with zero attached hydrogens (tertiary/aromatic N) is 1. The molecule has 1 amide bonds. The monoisotopic (exact) mass is 310 g/mol. The second-order valence-electron chi connectivity index (χ2n) is 6.27. The van der Waals surface area contributed by atoms with Crippen LogP contribution in [0.4, 0.5) is 4.39 Å². The summed E-state index contributed by atoms with van der Waals surface area (Å²) >= 11 is 0. The average molecular weight is 310 g/mol. The SMILES string of the molecule is NCC1(F)CC(C(=O)N2CCC(c3cc(=O)[nH]c(=O)[nH]3)C2)C1. The highest BCUT2D eigenvalue weighted by atomic mass is 19.1. The molecule has 0 spiro atoms. The lowest BCUT2D eigenvalue weighted by molar-refractivity contribution is -0.143. The van der Waals surface area contributed by atoms with E-state index in [2.05, 4.69) is 9.97 Å². The standard InChI is InChI=1S/C14H19FN4O3/c15-14(7-16)4-9(5-14)12(21)19-2-1-8(6-19)10-3-11(20)18-13(22)17-10/h3,8-9H,1-2,4-7,16H2,(H2,17,18,20,22). The zero-order valence-electron chi connectivity index (χ0n) is 12.1. The van der Waals surface area contributed by atoms with E-state index < -0.39 is 16.9 Å². The number of carbonyl (C=O) groups excluding carboxylic acids is 1. The topological polar surface area (TPSA) is 112 Å². The van der Waals surface area contributed by atoms with E-state index in [9.17, 15) is 18.8 Å². The van der Waals surface area contributed by atoms with Crippen molar-refractivity contribution in [2.75, 3.05) is 19.6 Å². The Labute approximate surface area is 125 Å². The molecule has 120 valence electrons. The molecule has 0 bridgehead atoms. The van der Waals surface area contributed by atoms with Gasteiger partial charge in [0.1, 0.15) is 5.67 Å². The second-order valence-corrected chi connectivity index (χ2v) is 6.27. The Morgan fingerprint density at radius 2 is 2.14 bits per heavy atom. The zero-order valence-corrected chi connectivity index (χ0v) is 12.1. The van der Waals surface area contributed by atoms with Gasteiger partial charge in [0.15, 0.2) is 0 Å². The summed E-state index contributed by atoms with van der Waals surface area (Å²) in [6.45, 7) is 0.945. The molecule has 1 unspecified atom stereocenters. The summed E-state index contributed by atoms with van der Waals surface area (Å²) in [7, 11) is 0. The molecule has 0 aromatic carbocycles. The molecule has 2 aliphatic rings. The quantitative estimate of drug-likeness (QED) is 0.695. The van der Waals surface area contributed by atoms with Crippen molar-refractivity contribution in [1.82, 2.24) is 14.9 Å². The van der Waals surface area contributed by atoms with Crippen LogP contribution >= 0.6 is 0 Å². The van der Waals surface area contributed by atoms with E-state index in [1.165, 1.54) is 6.07 Å². The van der Waals surface area contributed by atoms with Gasteiger partial charge in [-0.15, -0.1) is 0 Å². The fourth-order valence-corrected chi connectivity index (χ4v) is 3.34. The van der Waals surface area contributed by atoms with Crippen LogP contribution in [0.25, 0.3) is 0 Å². The molecule has 1 saturated heterocycles. The van der Waals surface area contributed by atoms with Crippen molar-refractivity contribution in [2.45, 2.75) is 30.8 Å². The van der Waals surface area contributed by atoms with E-state index in [1.807, 2.05) is 0 Å². The lowest BCUT2D eigenvalue weighted by Crippen LogP contribution is -2.51. The first-order valence-corrected chi connectivity index (χ1v) is 7.41. The maximum absolute atomic E-state index is 13.8. The van der Waals surface area contributed by atoms with Crippen molar-refractivity contribution in [3.05, 3.63) is 32.6 Å². The average Bonchev–Trinajstić information content (AvgIpc) is 2.92. The molecule has 2 fully saturated rings. The van der Waals surface area contributed by atoms with Crippen LogP contribution in [0.15, 0.2) is 15.7 Å². The van der Waals surface area contributed by atoms with Crippen molar-refractivity contribution in [1.29, 1.82) is 0 Å². The van der Waals surface area contributed by atoms with Crippen LogP contribution in [0, 0.1) is 5.92 Å². The van der Waals surface area contributed by atoms with Gasteiger partial charge in [0, 0.05) is 43.2 Å². The molecule has 1 saturated carbocycles. The fourth-order valence-electron chi connectivity index (χ4n) is 3.34. The fraction of sp³-hybridized carbons (Fsp3) is 0.643. The number of likely N-dealkylation sites (tertiary alicyclic amines) is 1. The third kappa shape index (κ3) is 2.70. The van der Waals surface area contributed by atoms with Gasteiger partial charge in [-0.3, -0.25) is 14.6 Å². The summed E-state index contributed by atoms with van der Waals surface area (Å²) in [6, 6.07) is 1.35. The van der Waals surface area contributed by atoms with E-state index in [0.717, 1.165) is 0 Å². The van der Waals surface area contributed by atoms with Crippen molar-refractivity contribution in [3.8, 4) is 0 Å². The maximum Gasteiger partial charge on any atom is 0.325 e. The highest BCUT2D eigenvalue weighted by molar-refractivity contribution is 5.80. The number of nitrogens with two attached hydrogens (primary N) is 1. The lowest BCUT2D eigenvalue weighted by atomic mass is 9.71. The molecule has 3 rings (SSSR count). The van der Waals surface area contributed by atoms with Crippen LogP contribution in [0.3, 0.4) is 0 Å². The van der Waals surface area contributed by atoms with Crippen molar-refractivity contribution >= 4 is 5.91 Å². The number of halogens is 1. The molecule has 8 heteroatoms. The Morgan fingerprint density at radius 3 is 2.77 bits per heavy atom. The van der Waals surface area contributed by atoms with Gasteiger partial charge in [-0.2, -0.15) is 0 Å². The Morgan fingerprint density at radius 1 is 1.41 bits per heavy atom. The number of aromatic nitrogens is 2. The summed E-state index contributed by atoms with van der Waals surface area (Å²) < 4.78 is 13.8. The molecule has 1 aromatic heterocycles. The maximum atomic E-state index is 13.8. The molecular formula is C14H19FN4O3. The van der Waals surface area contributed by atoms with Crippen LogP contribution in [-0.4, -0.2) is 46.1 Å². The Kier molecular flexibility index (Phi) is 3.64. The number of alkyl halides is 1. The van der Waals surface area contributed by atoms with Gasteiger partial charge in [0.2, 0.25) is 5.91 Å². The minimum absolute atomic E-state index is 0.0482. The molecule has 1 aliphatic heterocycles. The van der Waals surface area contributed by atoms with E-state index in [0.29, 0.717) is 25.2 Å². The van der Waals surface area contributed by atoms with Crippen LogP contribution < -0.4 is 17.0 Å². The molecule has 2 heterocycles. The van der Waals surface area contributed by atoms with Gasteiger partial charge < -0.3 is 15.6 Å². The molecular weight excluding hydrogens is 291 g/mol. The zero-order chi connectivity index (χ0) is 15.9. The predicted octanol–water partition coefficient (Wildman–Crippen LogP) is -0.544. The second kappa shape index (κ2) is 5.35. The van der Waals surface area contributed by atoms with Gasteiger partial charge in [-0.05, 0) is 19.3 Å². The first-order valence-electron chi connectivity index (χ1n) is 7.41. The third-order valence-electron chi connectivity index (χ3n) is 4.66. The molecule has 7 nitrogen and oxygen atoms in total. The largest absolute Gasteiger partial charge is 0.342 e. The third-order valence-corrected chi connectivity index (χ3v) is 4.66. The Bertz CT molecular complexity index is 664. The van der Waals surface area contributed by atoms with E-state index in [1.54, 1.807) is 4.90 Å². The summed E-state index contributed by atoms with van der Waals surface area (Å²) in [4.78, 5) is 41.4. The summed E-state index contributed by atoms with van der Waals surface area (Å²) in [5.74, 6) is -0.425.